The number of hydrogen-bond acceptors (Lipinski definition) is 4. The summed E-state index contributed by atoms with van der Waals surface area (Å²) in [6, 6.07) is 10.9. The lowest BCUT2D eigenvalue weighted by Crippen LogP contribution is -2.34. The average Bonchev–Trinajstić information content (AvgIpc) is 2.92. The molecule has 1 aliphatic heterocycles. The number of alkyl halides is 3. The highest BCUT2D eigenvalue weighted by Crippen LogP contribution is 2.36. The van der Waals surface area contributed by atoms with Gasteiger partial charge in [0.1, 0.15) is 5.70 Å². The molecule has 5 nitrogen and oxygen atoms in total. The number of anilines is 1. The molecule has 0 bridgehead atoms. The second kappa shape index (κ2) is 7.71. The summed E-state index contributed by atoms with van der Waals surface area (Å²) in [4.78, 5) is 28.5. The monoisotopic (exact) mass is 404 g/mol. The molecule has 1 heterocycles. The molecular formula is C21H19F3N2O3. The number of carbonyl (C=O) groups excluding carboxylic acids is 2. The zero-order valence-electron chi connectivity index (χ0n) is 15.8. The van der Waals surface area contributed by atoms with Crippen LogP contribution in [0.4, 0.5) is 18.9 Å². The predicted molar refractivity (Wildman–Crippen MR) is 102 cm³/mol. The first-order chi connectivity index (χ1) is 13.6. The molecular weight excluding hydrogens is 385 g/mol. The maximum atomic E-state index is 13.1. The molecule has 1 aliphatic rings. The Hall–Kier alpha value is -3.13. The maximum absolute atomic E-state index is 13.1. The molecule has 0 radical (unpaired) electrons. The van der Waals surface area contributed by atoms with E-state index >= 15 is 0 Å². The molecule has 0 saturated carbocycles. The standard InChI is InChI=1S/C21H19F3N2O3/c1-13-3-5-14(6-4-13)17-18(25(2)11-12-27)20(29)26(19(17)28)16-9-7-15(8-10-16)21(22,23)24/h3-10,27H,11-12H2,1-2H3. The highest BCUT2D eigenvalue weighted by atomic mass is 19.4. The van der Waals surface area contributed by atoms with Crippen molar-refractivity contribution in [2.24, 2.45) is 0 Å². The minimum atomic E-state index is -4.52. The lowest BCUT2D eigenvalue weighted by atomic mass is 10.0. The molecule has 1 N–H and O–H groups in total. The van der Waals surface area contributed by atoms with Crippen LogP contribution in [-0.4, -0.2) is 42.0 Å². The fourth-order valence-corrected chi connectivity index (χ4v) is 3.15. The summed E-state index contributed by atoms with van der Waals surface area (Å²) in [5.74, 6) is -1.28. The molecule has 2 amide bonds. The Balaban J connectivity index is 2.06. The number of aliphatic hydroxyl groups excluding tert-OH is 1. The third kappa shape index (κ3) is 3.88. The number of benzene rings is 2. The van der Waals surface area contributed by atoms with Gasteiger partial charge >= 0.3 is 6.18 Å². The van der Waals surface area contributed by atoms with Crippen LogP contribution in [0.1, 0.15) is 16.7 Å². The Morgan fingerprint density at radius 1 is 0.966 bits per heavy atom. The van der Waals surface area contributed by atoms with Crippen LogP contribution in [0.5, 0.6) is 0 Å². The van der Waals surface area contributed by atoms with E-state index in [1.165, 1.54) is 4.90 Å². The van der Waals surface area contributed by atoms with Gasteiger partial charge in [0.2, 0.25) is 0 Å². The van der Waals surface area contributed by atoms with Crippen molar-refractivity contribution >= 4 is 23.1 Å². The van der Waals surface area contributed by atoms with Gasteiger partial charge < -0.3 is 10.0 Å². The van der Waals surface area contributed by atoms with Crippen molar-refractivity contribution in [1.29, 1.82) is 0 Å². The predicted octanol–water partition coefficient (Wildman–Crippen LogP) is 3.22. The quantitative estimate of drug-likeness (QED) is 0.778. The number of hydrogen-bond donors (Lipinski definition) is 1. The molecule has 0 aliphatic carbocycles. The number of likely N-dealkylation sites (N-methyl/N-ethyl adjacent to an activating group) is 1. The first-order valence-electron chi connectivity index (χ1n) is 8.84. The van der Waals surface area contributed by atoms with Gasteiger partial charge in [0.15, 0.2) is 0 Å². The number of rotatable bonds is 5. The molecule has 152 valence electrons. The zero-order valence-corrected chi connectivity index (χ0v) is 15.8. The molecule has 0 unspecified atom stereocenters. The normalized spacial score (nSPS) is 14.8. The van der Waals surface area contributed by atoms with Gasteiger partial charge in [-0.25, -0.2) is 4.90 Å². The molecule has 0 spiro atoms. The van der Waals surface area contributed by atoms with Crippen LogP contribution in [0, 0.1) is 6.92 Å². The van der Waals surface area contributed by atoms with Gasteiger partial charge in [-0.2, -0.15) is 13.2 Å². The van der Waals surface area contributed by atoms with Crippen LogP contribution in [0.3, 0.4) is 0 Å². The molecule has 2 aromatic rings. The Labute approximate surface area is 165 Å². The number of aliphatic hydroxyl groups is 1. The number of imide groups is 1. The topological polar surface area (TPSA) is 60.9 Å². The van der Waals surface area contributed by atoms with Gasteiger partial charge in [-0.3, -0.25) is 9.59 Å². The maximum Gasteiger partial charge on any atom is 0.416 e. The van der Waals surface area contributed by atoms with Crippen LogP contribution in [0.15, 0.2) is 54.2 Å². The van der Waals surface area contributed by atoms with Crippen molar-refractivity contribution < 1.29 is 27.9 Å². The van der Waals surface area contributed by atoms with E-state index in [9.17, 15) is 27.9 Å². The highest BCUT2D eigenvalue weighted by molar-refractivity contribution is 6.45. The van der Waals surface area contributed by atoms with Gasteiger partial charge in [0.05, 0.1) is 23.4 Å². The van der Waals surface area contributed by atoms with E-state index in [1.54, 1.807) is 31.3 Å². The summed E-state index contributed by atoms with van der Waals surface area (Å²) in [7, 11) is 1.57. The molecule has 0 atom stereocenters. The second-order valence-corrected chi connectivity index (χ2v) is 6.73. The SMILES string of the molecule is Cc1ccc(C2=C(N(C)CCO)C(=O)N(c3ccc(C(F)(F)F)cc3)C2=O)cc1. The molecule has 2 aromatic carbocycles. The number of carbonyl (C=O) groups is 2. The Morgan fingerprint density at radius 3 is 2.07 bits per heavy atom. The average molecular weight is 404 g/mol. The number of amides is 2. The zero-order chi connectivity index (χ0) is 21.3. The molecule has 0 saturated heterocycles. The molecule has 29 heavy (non-hydrogen) atoms. The van der Waals surface area contributed by atoms with E-state index in [0.29, 0.717) is 5.56 Å². The number of nitrogens with zero attached hydrogens (tertiary/aromatic N) is 2. The van der Waals surface area contributed by atoms with E-state index in [2.05, 4.69) is 0 Å². The van der Waals surface area contributed by atoms with Gasteiger partial charge in [-0.05, 0) is 36.8 Å². The lowest BCUT2D eigenvalue weighted by molar-refractivity contribution is -0.137. The minimum Gasteiger partial charge on any atom is -0.395 e. The summed E-state index contributed by atoms with van der Waals surface area (Å²) < 4.78 is 38.5. The van der Waals surface area contributed by atoms with E-state index in [-0.39, 0.29) is 30.1 Å². The Bertz CT molecular complexity index is 964. The van der Waals surface area contributed by atoms with Gasteiger partial charge in [-0.15, -0.1) is 0 Å². The number of halogens is 3. The van der Waals surface area contributed by atoms with Gasteiger partial charge in [0.25, 0.3) is 11.8 Å². The molecule has 8 heteroatoms. The van der Waals surface area contributed by atoms with Crippen LogP contribution in [0.2, 0.25) is 0 Å². The smallest absolute Gasteiger partial charge is 0.395 e. The third-order valence-corrected chi connectivity index (χ3v) is 4.67. The molecule has 0 fully saturated rings. The first-order valence-corrected chi connectivity index (χ1v) is 8.84. The highest BCUT2D eigenvalue weighted by Gasteiger charge is 2.42. The van der Waals surface area contributed by atoms with Gasteiger partial charge in [0, 0.05) is 13.6 Å². The van der Waals surface area contributed by atoms with Gasteiger partial charge in [-0.1, -0.05) is 29.8 Å². The van der Waals surface area contributed by atoms with Crippen LogP contribution in [0.25, 0.3) is 5.57 Å². The van der Waals surface area contributed by atoms with E-state index < -0.39 is 23.6 Å². The summed E-state index contributed by atoms with van der Waals surface area (Å²) in [6.07, 6.45) is -4.52. The van der Waals surface area contributed by atoms with Crippen LogP contribution < -0.4 is 4.90 Å². The van der Waals surface area contributed by atoms with Crippen LogP contribution in [-0.2, 0) is 15.8 Å². The van der Waals surface area contributed by atoms with E-state index in [0.717, 1.165) is 34.7 Å². The van der Waals surface area contributed by atoms with E-state index in [1.807, 2.05) is 6.92 Å². The molecule has 3 rings (SSSR count). The van der Waals surface area contributed by atoms with Crippen molar-refractivity contribution in [3.8, 4) is 0 Å². The number of aryl methyl sites for hydroxylation is 1. The van der Waals surface area contributed by atoms with Crippen LogP contribution >= 0.6 is 0 Å². The fourth-order valence-electron chi connectivity index (χ4n) is 3.15. The largest absolute Gasteiger partial charge is 0.416 e. The van der Waals surface area contributed by atoms with Crippen molar-refractivity contribution in [2.45, 2.75) is 13.1 Å². The third-order valence-electron chi connectivity index (χ3n) is 4.67. The fraction of sp³-hybridized carbons (Fsp3) is 0.238. The summed E-state index contributed by atoms with van der Waals surface area (Å²) in [6.45, 7) is 1.76. The summed E-state index contributed by atoms with van der Waals surface area (Å²) in [5.41, 5.74) is 0.896. The summed E-state index contributed by atoms with van der Waals surface area (Å²) in [5, 5.41) is 9.25. The Morgan fingerprint density at radius 2 is 1.55 bits per heavy atom. The molecule has 0 aromatic heterocycles. The second-order valence-electron chi connectivity index (χ2n) is 6.73. The van der Waals surface area contributed by atoms with Crippen molar-refractivity contribution in [2.75, 3.05) is 25.1 Å². The van der Waals surface area contributed by atoms with Crippen molar-refractivity contribution in [1.82, 2.24) is 4.90 Å². The van der Waals surface area contributed by atoms with E-state index in [4.69, 9.17) is 0 Å². The lowest BCUT2D eigenvalue weighted by Gasteiger charge is -2.20. The minimum absolute atomic E-state index is 0.0463. The van der Waals surface area contributed by atoms with Crippen molar-refractivity contribution in [3.05, 3.63) is 70.9 Å². The van der Waals surface area contributed by atoms with Crippen molar-refractivity contribution in [3.63, 3.8) is 0 Å². The Kier molecular flexibility index (Phi) is 5.48. The summed E-state index contributed by atoms with van der Waals surface area (Å²) >= 11 is 0. The first kappa shape index (κ1) is 20.6.